The van der Waals surface area contributed by atoms with Gasteiger partial charge in [0.15, 0.2) is 0 Å². The lowest BCUT2D eigenvalue weighted by Crippen LogP contribution is -2.28. The second kappa shape index (κ2) is 3.38. The van der Waals surface area contributed by atoms with Crippen LogP contribution in [0.3, 0.4) is 0 Å². The van der Waals surface area contributed by atoms with Crippen LogP contribution in [0.2, 0.25) is 0 Å². The lowest BCUT2D eigenvalue weighted by molar-refractivity contribution is 0.673. The molecular formula is C11H16N2. The van der Waals surface area contributed by atoms with Crippen molar-refractivity contribution in [2.24, 2.45) is 0 Å². The van der Waals surface area contributed by atoms with Crippen molar-refractivity contribution in [3.8, 4) is 0 Å². The largest absolute Gasteiger partial charge is 0.380 e. The quantitative estimate of drug-likeness (QED) is 0.714. The van der Waals surface area contributed by atoms with E-state index in [0.717, 1.165) is 13.0 Å². The molecule has 2 rings (SSSR count). The van der Waals surface area contributed by atoms with Crippen LogP contribution in [0.15, 0.2) is 18.2 Å². The number of aryl methyl sites for hydroxylation is 1. The predicted octanol–water partition coefficient (Wildman–Crippen LogP) is 1.55. The molecular weight excluding hydrogens is 160 g/mol. The first kappa shape index (κ1) is 8.57. The summed E-state index contributed by atoms with van der Waals surface area (Å²) < 4.78 is 0. The smallest absolute Gasteiger partial charge is 0.0426 e. The summed E-state index contributed by atoms with van der Waals surface area (Å²) >= 11 is 0. The third-order valence-electron chi connectivity index (χ3n) is 2.54. The highest BCUT2D eigenvalue weighted by molar-refractivity contribution is 5.57. The number of nitrogens with one attached hydrogen (secondary N) is 2. The van der Waals surface area contributed by atoms with Gasteiger partial charge < -0.3 is 10.6 Å². The van der Waals surface area contributed by atoms with Gasteiger partial charge in [0, 0.05) is 18.3 Å². The molecule has 0 radical (unpaired) electrons. The average molecular weight is 176 g/mol. The minimum absolute atomic E-state index is 0.571. The normalized spacial score (nSPS) is 19.7. The van der Waals surface area contributed by atoms with Crippen molar-refractivity contribution in [1.82, 2.24) is 5.32 Å². The summed E-state index contributed by atoms with van der Waals surface area (Å²) in [5.74, 6) is 0. The zero-order valence-electron chi connectivity index (χ0n) is 8.22. The third kappa shape index (κ3) is 1.68. The molecule has 13 heavy (non-hydrogen) atoms. The van der Waals surface area contributed by atoms with Gasteiger partial charge in [0.25, 0.3) is 0 Å². The monoisotopic (exact) mass is 176 g/mol. The highest BCUT2D eigenvalue weighted by Gasteiger charge is 2.18. The van der Waals surface area contributed by atoms with E-state index in [-0.39, 0.29) is 0 Å². The molecule has 0 saturated heterocycles. The molecule has 0 saturated carbocycles. The first-order valence-corrected chi connectivity index (χ1v) is 4.80. The van der Waals surface area contributed by atoms with E-state index in [9.17, 15) is 0 Å². The number of fused-ring (bicyclic) bond motifs is 1. The molecule has 2 nitrogen and oxygen atoms in total. The number of rotatable bonds is 2. The molecule has 0 bridgehead atoms. The Morgan fingerprint density at radius 1 is 1.54 bits per heavy atom. The van der Waals surface area contributed by atoms with Crippen molar-refractivity contribution in [3.05, 3.63) is 29.3 Å². The van der Waals surface area contributed by atoms with Gasteiger partial charge in [-0.1, -0.05) is 17.7 Å². The van der Waals surface area contributed by atoms with E-state index in [1.54, 1.807) is 0 Å². The van der Waals surface area contributed by atoms with Crippen LogP contribution in [0.5, 0.6) is 0 Å². The number of hydrogen-bond donors (Lipinski definition) is 2. The zero-order valence-corrected chi connectivity index (χ0v) is 8.22. The molecule has 1 unspecified atom stereocenters. The molecule has 0 spiro atoms. The van der Waals surface area contributed by atoms with Crippen LogP contribution in [-0.2, 0) is 6.42 Å². The molecule has 1 aliphatic rings. The van der Waals surface area contributed by atoms with Crippen LogP contribution < -0.4 is 10.6 Å². The van der Waals surface area contributed by atoms with Gasteiger partial charge in [-0.15, -0.1) is 0 Å². The third-order valence-corrected chi connectivity index (χ3v) is 2.54. The van der Waals surface area contributed by atoms with E-state index in [2.05, 4.69) is 35.8 Å². The predicted molar refractivity (Wildman–Crippen MR) is 56.2 cm³/mol. The molecule has 1 aromatic carbocycles. The Morgan fingerprint density at radius 2 is 2.38 bits per heavy atom. The van der Waals surface area contributed by atoms with Crippen LogP contribution in [0.1, 0.15) is 11.1 Å². The van der Waals surface area contributed by atoms with Crippen molar-refractivity contribution in [2.75, 3.05) is 18.9 Å². The summed E-state index contributed by atoms with van der Waals surface area (Å²) in [6.07, 6.45) is 1.15. The van der Waals surface area contributed by atoms with Gasteiger partial charge in [-0.05, 0) is 32.0 Å². The lowest BCUT2D eigenvalue weighted by atomic mass is 10.1. The molecule has 2 N–H and O–H groups in total. The van der Waals surface area contributed by atoms with E-state index in [1.807, 2.05) is 7.05 Å². The maximum Gasteiger partial charge on any atom is 0.0426 e. The van der Waals surface area contributed by atoms with Gasteiger partial charge in [-0.3, -0.25) is 0 Å². The van der Waals surface area contributed by atoms with E-state index in [0.29, 0.717) is 6.04 Å². The van der Waals surface area contributed by atoms with Crippen LogP contribution in [-0.4, -0.2) is 19.6 Å². The summed E-state index contributed by atoms with van der Waals surface area (Å²) in [5, 5.41) is 6.70. The Morgan fingerprint density at radius 3 is 3.15 bits per heavy atom. The molecule has 0 aliphatic carbocycles. The average Bonchev–Trinajstić information content (AvgIpc) is 2.46. The van der Waals surface area contributed by atoms with Crippen molar-refractivity contribution in [1.29, 1.82) is 0 Å². The van der Waals surface area contributed by atoms with Crippen LogP contribution in [0.25, 0.3) is 0 Å². The van der Waals surface area contributed by atoms with Gasteiger partial charge in [-0.2, -0.15) is 0 Å². The zero-order chi connectivity index (χ0) is 9.26. The fourth-order valence-corrected chi connectivity index (χ4v) is 1.94. The highest BCUT2D eigenvalue weighted by atomic mass is 15.0. The molecule has 0 aromatic heterocycles. The lowest BCUT2D eigenvalue weighted by Gasteiger charge is -2.09. The minimum atomic E-state index is 0.571. The second-order valence-corrected chi connectivity index (χ2v) is 3.76. The molecule has 1 aromatic rings. The van der Waals surface area contributed by atoms with Crippen LogP contribution >= 0.6 is 0 Å². The molecule has 0 fully saturated rings. The van der Waals surface area contributed by atoms with E-state index in [4.69, 9.17) is 0 Å². The number of likely N-dealkylation sites (N-methyl/N-ethyl adjacent to an activating group) is 1. The van der Waals surface area contributed by atoms with Crippen molar-refractivity contribution < 1.29 is 0 Å². The minimum Gasteiger partial charge on any atom is -0.380 e. The van der Waals surface area contributed by atoms with Crippen LogP contribution in [0, 0.1) is 6.92 Å². The van der Waals surface area contributed by atoms with Gasteiger partial charge >= 0.3 is 0 Å². The number of anilines is 1. The topological polar surface area (TPSA) is 24.1 Å². The first-order valence-electron chi connectivity index (χ1n) is 4.80. The fraction of sp³-hybridized carbons (Fsp3) is 0.455. The Kier molecular flexibility index (Phi) is 2.23. The Bertz CT molecular complexity index is 307. The summed E-state index contributed by atoms with van der Waals surface area (Å²) in [6.45, 7) is 3.18. The first-order chi connectivity index (χ1) is 6.29. The molecule has 1 heterocycles. The maximum absolute atomic E-state index is 3.50. The van der Waals surface area contributed by atoms with Gasteiger partial charge in [0.2, 0.25) is 0 Å². The molecule has 0 amide bonds. The highest BCUT2D eigenvalue weighted by Crippen LogP contribution is 2.26. The van der Waals surface area contributed by atoms with Crippen molar-refractivity contribution >= 4 is 5.69 Å². The number of hydrogen-bond acceptors (Lipinski definition) is 2. The summed E-state index contributed by atoms with van der Waals surface area (Å²) in [4.78, 5) is 0. The van der Waals surface area contributed by atoms with Crippen LogP contribution in [0.4, 0.5) is 5.69 Å². The molecule has 1 aliphatic heterocycles. The summed E-state index contributed by atoms with van der Waals surface area (Å²) in [7, 11) is 2.00. The van der Waals surface area contributed by atoms with Crippen molar-refractivity contribution in [2.45, 2.75) is 19.4 Å². The molecule has 70 valence electrons. The number of benzene rings is 1. The summed E-state index contributed by atoms with van der Waals surface area (Å²) in [6, 6.07) is 7.19. The summed E-state index contributed by atoms with van der Waals surface area (Å²) in [5.41, 5.74) is 4.12. The van der Waals surface area contributed by atoms with Crippen molar-refractivity contribution in [3.63, 3.8) is 0 Å². The van der Waals surface area contributed by atoms with E-state index < -0.39 is 0 Å². The Hall–Kier alpha value is -1.02. The Labute approximate surface area is 79.4 Å². The fourth-order valence-electron chi connectivity index (χ4n) is 1.94. The maximum atomic E-state index is 3.50. The van der Waals surface area contributed by atoms with Gasteiger partial charge in [0.05, 0.1) is 0 Å². The Balaban J connectivity index is 2.16. The molecule has 1 atom stereocenters. The van der Waals surface area contributed by atoms with E-state index in [1.165, 1.54) is 16.8 Å². The van der Waals surface area contributed by atoms with Gasteiger partial charge in [0.1, 0.15) is 0 Å². The standard InChI is InChI=1S/C11H16N2/c1-8-3-4-11-9(5-8)6-10(13-11)7-12-2/h3-5,10,12-13H,6-7H2,1-2H3. The SMILES string of the molecule is CNCC1Cc2cc(C)ccc2N1. The van der Waals surface area contributed by atoms with E-state index >= 15 is 0 Å². The van der Waals surface area contributed by atoms with Gasteiger partial charge in [-0.25, -0.2) is 0 Å². The molecule has 2 heteroatoms. The second-order valence-electron chi connectivity index (χ2n) is 3.76.